The lowest BCUT2D eigenvalue weighted by Gasteiger charge is -2.18. The van der Waals surface area contributed by atoms with Gasteiger partial charge in [-0.05, 0) is 19.1 Å². The van der Waals surface area contributed by atoms with Crippen LogP contribution in [0.1, 0.15) is 6.92 Å². The topological polar surface area (TPSA) is 21.7 Å². The first-order valence-corrected chi connectivity index (χ1v) is 4.81. The molecule has 0 unspecified atom stereocenters. The number of anilines is 1. The smallest absolute Gasteiger partial charge is 0.143 e. The molecule has 0 saturated heterocycles. The molecule has 0 fully saturated rings. The van der Waals surface area contributed by atoms with Gasteiger partial charge in [-0.25, -0.2) is 0 Å². The fourth-order valence-electron chi connectivity index (χ4n) is 1.17. The molecule has 0 spiro atoms. The SMILES string of the molecule is CCN(S)c1cc(OC)ccc1OC. The molecule has 14 heavy (non-hydrogen) atoms. The molecule has 0 bridgehead atoms. The summed E-state index contributed by atoms with van der Waals surface area (Å²) in [4.78, 5) is 0. The van der Waals surface area contributed by atoms with Crippen LogP contribution in [0.5, 0.6) is 11.5 Å². The highest BCUT2D eigenvalue weighted by molar-refractivity contribution is 7.81. The van der Waals surface area contributed by atoms with Gasteiger partial charge in [0.1, 0.15) is 11.5 Å². The Labute approximate surface area is 90.2 Å². The highest BCUT2D eigenvalue weighted by Gasteiger charge is 2.08. The lowest BCUT2D eigenvalue weighted by molar-refractivity contribution is 0.404. The molecule has 0 aromatic heterocycles. The van der Waals surface area contributed by atoms with E-state index in [9.17, 15) is 0 Å². The van der Waals surface area contributed by atoms with Crippen LogP contribution in [0, 0.1) is 0 Å². The molecule has 0 saturated carbocycles. The second kappa shape index (κ2) is 5.00. The van der Waals surface area contributed by atoms with E-state index in [1.165, 1.54) is 0 Å². The van der Waals surface area contributed by atoms with E-state index < -0.39 is 0 Å². The van der Waals surface area contributed by atoms with Crippen molar-refractivity contribution >= 4 is 18.5 Å². The largest absolute Gasteiger partial charge is 0.497 e. The Kier molecular flexibility index (Phi) is 3.95. The van der Waals surface area contributed by atoms with Crippen molar-refractivity contribution < 1.29 is 9.47 Å². The number of benzene rings is 1. The predicted molar refractivity (Wildman–Crippen MR) is 61.6 cm³/mol. The zero-order valence-electron chi connectivity index (χ0n) is 8.65. The second-order valence-electron chi connectivity index (χ2n) is 2.75. The summed E-state index contributed by atoms with van der Waals surface area (Å²) in [7, 11) is 3.28. The van der Waals surface area contributed by atoms with E-state index in [-0.39, 0.29) is 0 Å². The van der Waals surface area contributed by atoms with Gasteiger partial charge in [0.25, 0.3) is 0 Å². The maximum absolute atomic E-state index is 5.22. The molecule has 3 nitrogen and oxygen atoms in total. The van der Waals surface area contributed by atoms with E-state index in [1.807, 2.05) is 25.1 Å². The average Bonchev–Trinajstić information content (AvgIpc) is 2.27. The van der Waals surface area contributed by atoms with Gasteiger partial charge in [-0.3, -0.25) is 0 Å². The van der Waals surface area contributed by atoms with Crippen molar-refractivity contribution in [3.63, 3.8) is 0 Å². The zero-order chi connectivity index (χ0) is 10.6. The van der Waals surface area contributed by atoms with Crippen molar-refractivity contribution in [2.24, 2.45) is 0 Å². The third-order valence-electron chi connectivity index (χ3n) is 1.96. The molecular weight excluding hydrogens is 198 g/mol. The lowest BCUT2D eigenvalue weighted by atomic mass is 10.2. The van der Waals surface area contributed by atoms with Crippen molar-refractivity contribution in [1.29, 1.82) is 0 Å². The van der Waals surface area contributed by atoms with Crippen LogP contribution in [0.4, 0.5) is 5.69 Å². The summed E-state index contributed by atoms with van der Waals surface area (Å²) >= 11 is 4.33. The van der Waals surface area contributed by atoms with Gasteiger partial charge in [-0.2, -0.15) is 0 Å². The monoisotopic (exact) mass is 213 g/mol. The van der Waals surface area contributed by atoms with Gasteiger partial charge in [-0.1, -0.05) is 12.8 Å². The summed E-state index contributed by atoms with van der Waals surface area (Å²) in [6, 6.07) is 5.63. The van der Waals surface area contributed by atoms with Crippen LogP contribution in [-0.4, -0.2) is 20.8 Å². The standard InChI is InChI=1S/C10H15NO2S/c1-4-11(14)9-7-8(12-2)5-6-10(9)13-3/h5-7,14H,4H2,1-3H3. The highest BCUT2D eigenvalue weighted by atomic mass is 32.1. The summed E-state index contributed by atoms with van der Waals surface area (Å²) in [5.74, 6) is 1.59. The van der Waals surface area contributed by atoms with Gasteiger partial charge in [0.2, 0.25) is 0 Å². The predicted octanol–water partition coefficient (Wildman–Crippen LogP) is 2.37. The van der Waals surface area contributed by atoms with E-state index in [4.69, 9.17) is 9.47 Å². The van der Waals surface area contributed by atoms with Gasteiger partial charge < -0.3 is 13.8 Å². The van der Waals surface area contributed by atoms with Crippen LogP contribution in [0.3, 0.4) is 0 Å². The molecule has 0 aliphatic carbocycles. The van der Waals surface area contributed by atoms with E-state index in [0.29, 0.717) is 0 Å². The molecule has 0 radical (unpaired) electrons. The first-order valence-electron chi connectivity index (χ1n) is 4.41. The normalized spacial score (nSPS) is 9.71. The first-order chi connectivity index (χ1) is 6.72. The molecule has 78 valence electrons. The number of rotatable bonds is 4. The number of hydrogen-bond acceptors (Lipinski definition) is 4. The van der Waals surface area contributed by atoms with Gasteiger partial charge in [-0.15, -0.1) is 0 Å². The fourth-order valence-corrected chi connectivity index (χ4v) is 1.33. The van der Waals surface area contributed by atoms with E-state index in [2.05, 4.69) is 12.8 Å². The molecule has 0 N–H and O–H groups in total. The molecular formula is C10H15NO2S. The van der Waals surface area contributed by atoms with Crippen LogP contribution in [0.2, 0.25) is 0 Å². The van der Waals surface area contributed by atoms with E-state index >= 15 is 0 Å². The third-order valence-corrected chi connectivity index (χ3v) is 2.46. The molecule has 0 aliphatic rings. The minimum Gasteiger partial charge on any atom is -0.497 e. The van der Waals surface area contributed by atoms with Gasteiger partial charge in [0, 0.05) is 12.6 Å². The van der Waals surface area contributed by atoms with Gasteiger partial charge in [0.15, 0.2) is 0 Å². The molecule has 0 heterocycles. The fraction of sp³-hybridized carbons (Fsp3) is 0.400. The molecule has 1 aromatic rings. The Bertz CT molecular complexity index is 304. The summed E-state index contributed by atoms with van der Waals surface area (Å²) in [6.45, 7) is 2.82. The molecule has 0 amide bonds. The average molecular weight is 213 g/mol. The van der Waals surface area contributed by atoms with Crippen molar-refractivity contribution in [2.45, 2.75) is 6.92 Å². The highest BCUT2D eigenvalue weighted by Crippen LogP contribution is 2.32. The van der Waals surface area contributed by atoms with E-state index in [0.717, 1.165) is 23.7 Å². The third kappa shape index (κ3) is 2.26. The number of ether oxygens (including phenoxy) is 2. The van der Waals surface area contributed by atoms with Crippen molar-refractivity contribution in [1.82, 2.24) is 0 Å². The Balaban J connectivity index is 3.08. The summed E-state index contributed by atoms with van der Waals surface area (Å²) in [5.41, 5.74) is 0.915. The first kappa shape index (κ1) is 11.0. The summed E-state index contributed by atoms with van der Waals surface area (Å²) in [5, 5.41) is 0. The second-order valence-corrected chi connectivity index (χ2v) is 3.24. The van der Waals surface area contributed by atoms with Crippen LogP contribution in [0.15, 0.2) is 18.2 Å². The van der Waals surface area contributed by atoms with Crippen LogP contribution in [0.25, 0.3) is 0 Å². The Morgan fingerprint density at radius 3 is 2.50 bits per heavy atom. The number of thiol groups is 1. The molecule has 0 aliphatic heterocycles. The number of hydrogen-bond donors (Lipinski definition) is 1. The van der Waals surface area contributed by atoms with Gasteiger partial charge in [0.05, 0.1) is 19.9 Å². The van der Waals surface area contributed by atoms with Crippen LogP contribution >= 0.6 is 12.8 Å². The maximum atomic E-state index is 5.22. The van der Waals surface area contributed by atoms with Crippen LogP contribution in [-0.2, 0) is 0 Å². The van der Waals surface area contributed by atoms with Crippen molar-refractivity contribution in [3.05, 3.63) is 18.2 Å². The van der Waals surface area contributed by atoms with Crippen LogP contribution < -0.4 is 13.8 Å². The Hall–Kier alpha value is -1.03. The molecule has 4 heteroatoms. The van der Waals surface area contributed by atoms with Crippen molar-refractivity contribution in [3.8, 4) is 11.5 Å². The lowest BCUT2D eigenvalue weighted by Crippen LogP contribution is -2.10. The summed E-state index contributed by atoms with van der Waals surface area (Å²) < 4.78 is 12.2. The van der Waals surface area contributed by atoms with Gasteiger partial charge >= 0.3 is 0 Å². The quantitative estimate of drug-likeness (QED) is 0.776. The number of nitrogens with zero attached hydrogens (tertiary/aromatic N) is 1. The Morgan fingerprint density at radius 1 is 1.29 bits per heavy atom. The minimum absolute atomic E-state index is 0.794. The number of methoxy groups -OCH3 is 2. The summed E-state index contributed by atoms with van der Waals surface area (Å²) in [6.07, 6.45) is 0. The zero-order valence-corrected chi connectivity index (χ0v) is 9.54. The Morgan fingerprint density at radius 2 is 2.00 bits per heavy atom. The van der Waals surface area contributed by atoms with Crippen molar-refractivity contribution in [2.75, 3.05) is 25.1 Å². The molecule has 0 atom stereocenters. The molecule has 1 rings (SSSR count). The van der Waals surface area contributed by atoms with E-state index in [1.54, 1.807) is 18.5 Å². The molecule has 1 aromatic carbocycles. The minimum atomic E-state index is 0.794. The maximum Gasteiger partial charge on any atom is 0.143 e.